The van der Waals surface area contributed by atoms with Gasteiger partial charge in [-0.1, -0.05) is 0 Å². The van der Waals surface area contributed by atoms with Gasteiger partial charge >= 0.3 is 0 Å². The molecule has 0 atom stereocenters. The second-order valence-electron chi connectivity index (χ2n) is 3.52. The molecule has 0 aliphatic heterocycles. The highest BCUT2D eigenvalue weighted by atomic mass is 16.5. The molecule has 1 aromatic carbocycles. The fourth-order valence-electron chi connectivity index (χ4n) is 1.22. The molecule has 0 radical (unpaired) electrons. The van der Waals surface area contributed by atoms with E-state index in [0.717, 1.165) is 0 Å². The predicted molar refractivity (Wildman–Crippen MR) is 64.2 cm³/mol. The van der Waals surface area contributed by atoms with Crippen molar-refractivity contribution in [1.29, 1.82) is 10.5 Å². The first-order valence-corrected chi connectivity index (χ1v) is 5.11. The molecule has 0 saturated carbocycles. The molecule has 0 unspecified atom stereocenters. The van der Waals surface area contributed by atoms with E-state index < -0.39 is 5.78 Å². The van der Waals surface area contributed by atoms with Crippen LogP contribution in [-0.4, -0.2) is 12.4 Å². The van der Waals surface area contributed by atoms with Crippen molar-refractivity contribution in [1.82, 2.24) is 0 Å². The molecule has 0 spiro atoms. The van der Waals surface area contributed by atoms with Crippen LogP contribution in [0.5, 0.6) is 5.75 Å². The zero-order valence-electron chi connectivity index (χ0n) is 9.80. The van der Waals surface area contributed by atoms with Crippen LogP contribution < -0.4 is 10.5 Å². The summed E-state index contributed by atoms with van der Waals surface area (Å²) in [6.07, 6.45) is 0. The number of hydrogen-bond donors (Lipinski definition) is 1. The van der Waals surface area contributed by atoms with Crippen molar-refractivity contribution < 1.29 is 9.53 Å². The van der Waals surface area contributed by atoms with Gasteiger partial charge in [0.05, 0.1) is 11.6 Å². The zero-order chi connectivity index (χ0) is 13.5. The van der Waals surface area contributed by atoms with Crippen LogP contribution in [0, 0.1) is 22.7 Å². The molecule has 1 rings (SSSR count). The van der Waals surface area contributed by atoms with Crippen LogP contribution in [-0.2, 0) is 4.79 Å². The number of Topliss-reactive ketones (excluding diaryl/α,β-unsaturated/α-hetero) is 1. The lowest BCUT2D eigenvalue weighted by Crippen LogP contribution is -2.16. The molecule has 0 amide bonds. The van der Waals surface area contributed by atoms with Crippen molar-refractivity contribution in [3.8, 4) is 17.9 Å². The monoisotopic (exact) mass is 241 g/mol. The molecule has 0 bridgehead atoms. The second kappa shape index (κ2) is 6.07. The predicted octanol–water partition coefficient (Wildman–Crippen LogP) is 1.26. The van der Waals surface area contributed by atoms with Crippen molar-refractivity contribution in [3.63, 3.8) is 0 Å². The van der Waals surface area contributed by atoms with Gasteiger partial charge in [0.2, 0.25) is 5.78 Å². The number of hydrogen-bond acceptors (Lipinski definition) is 5. The van der Waals surface area contributed by atoms with Gasteiger partial charge in [0.15, 0.2) is 6.61 Å². The Bertz CT molecular complexity index is 555. The molecule has 1 aromatic rings. The SMILES string of the molecule is C/C(N)=C(\C#N)C(=O)COc1ccc(C#N)cc1. The Morgan fingerprint density at radius 2 is 1.94 bits per heavy atom. The Morgan fingerprint density at radius 3 is 2.39 bits per heavy atom. The number of benzene rings is 1. The summed E-state index contributed by atoms with van der Waals surface area (Å²) in [5.74, 6) is -0.0174. The number of ether oxygens (including phenoxy) is 1. The van der Waals surface area contributed by atoms with Gasteiger partial charge in [-0.15, -0.1) is 0 Å². The Balaban J connectivity index is 2.66. The lowest BCUT2D eigenvalue weighted by atomic mass is 10.1. The Hall–Kier alpha value is -2.79. The van der Waals surface area contributed by atoms with E-state index in [2.05, 4.69) is 0 Å². The molecule has 0 heterocycles. The van der Waals surface area contributed by atoms with Crippen LogP contribution in [0.2, 0.25) is 0 Å². The molecule has 0 saturated heterocycles. The fourth-order valence-corrected chi connectivity index (χ4v) is 1.22. The Morgan fingerprint density at radius 1 is 1.33 bits per heavy atom. The quantitative estimate of drug-likeness (QED) is 0.631. The highest BCUT2D eigenvalue weighted by Gasteiger charge is 2.12. The number of rotatable bonds is 4. The van der Waals surface area contributed by atoms with Gasteiger partial charge in [0.25, 0.3) is 0 Å². The summed E-state index contributed by atoms with van der Waals surface area (Å²) in [6, 6.07) is 10.0. The van der Waals surface area contributed by atoms with Crippen molar-refractivity contribution in [3.05, 3.63) is 41.1 Å². The molecule has 5 heteroatoms. The smallest absolute Gasteiger partial charge is 0.212 e. The van der Waals surface area contributed by atoms with E-state index in [0.29, 0.717) is 11.3 Å². The standard InChI is InChI=1S/C13H11N3O2/c1-9(16)12(7-15)13(17)8-18-11-4-2-10(6-14)3-5-11/h2-5H,8,16H2,1H3/b12-9-. The number of nitrogens with zero attached hydrogens (tertiary/aromatic N) is 2. The summed E-state index contributed by atoms with van der Waals surface area (Å²) in [4.78, 5) is 11.6. The van der Waals surface area contributed by atoms with E-state index in [4.69, 9.17) is 21.0 Å². The summed E-state index contributed by atoms with van der Waals surface area (Å²) in [7, 11) is 0. The number of nitrogens with two attached hydrogens (primary N) is 1. The number of carbonyl (C=O) groups excluding carboxylic acids is 1. The van der Waals surface area contributed by atoms with Crippen LogP contribution in [0.25, 0.3) is 0 Å². The summed E-state index contributed by atoms with van der Waals surface area (Å²) in [5, 5.41) is 17.3. The average Bonchev–Trinajstić information content (AvgIpc) is 2.37. The van der Waals surface area contributed by atoms with Crippen molar-refractivity contribution in [2.45, 2.75) is 6.92 Å². The molecular formula is C13H11N3O2. The number of allylic oxidation sites excluding steroid dienone is 1. The van der Waals surface area contributed by atoms with E-state index in [1.807, 2.05) is 6.07 Å². The maximum Gasteiger partial charge on any atom is 0.212 e. The van der Waals surface area contributed by atoms with Crippen LogP contribution in [0.4, 0.5) is 0 Å². The first-order chi connectivity index (χ1) is 8.58. The van der Waals surface area contributed by atoms with Crippen molar-refractivity contribution in [2.24, 2.45) is 5.73 Å². The van der Waals surface area contributed by atoms with E-state index in [9.17, 15) is 4.79 Å². The van der Waals surface area contributed by atoms with Crippen molar-refractivity contribution in [2.75, 3.05) is 6.61 Å². The molecule has 0 aliphatic rings. The summed E-state index contributed by atoms with van der Waals surface area (Å²) >= 11 is 0. The molecular weight excluding hydrogens is 230 g/mol. The van der Waals surface area contributed by atoms with Gasteiger partial charge in [0.1, 0.15) is 17.4 Å². The average molecular weight is 241 g/mol. The molecule has 5 nitrogen and oxygen atoms in total. The van der Waals surface area contributed by atoms with Crippen LogP contribution in [0.3, 0.4) is 0 Å². The summed E-state index contributed by atoms with van der Waals surface area (Å²) in [6.45, 7) is 1.22. The molecule has 0 aliphatic carbocycles. The van der Waals surface area contributed by atoms with E-state index in [1.165, 1.54) is 6.92 Å². The lowest BCUT2D eigenvalue weighted by Gasteiger charge is -2.05. The first kappa shape index (κ1) is 13.3. The van der Waals surface area contributed by atoms with Gasteiger partial charge in [-0.25, -0.2) is 0 Å². The van der Waals surface area contributed by atoms with Crippen LogP contribution >= 0.6 is 0 Å². The fraction of sp³-hybridized carbons (Fsp3) is 0.154. The highest BCUT2D eigenvalue weighted by Crippen LogP contribution is 2.12. The van der Waals surface area contributed by atoms with Crippen molar-refractivity contribution >= 4 is 5.78 Å². The highest BCUT2D eigenvalue weighted by molar-refractivity contribution is 6.00. The van der Waals surface area contributed by atoms with Gasteiger partial charge in [-0.05, 0) is 31.2 Å². The first-order valence-electron chi connectivity index (χ1n) is 5.11. The van der Waals surface area contributed by atoms with Crippen LogP contribution in [0.1, 0.15) is 12.5 Å². The molecule has 0 fully saturated rings. The van der Waals surface area contributed by atoms with Gasteiger partial charge in [-0.3, -0.25) is 4.79 Å². The minimum Gasteiger partial charge on any atom is -0.485 e. The number of carbonyl (C=O) groups is 1. The summed E-state index contributed by atoms with van der Waals surface area (Å²) in [5.41, 5.74) is 5.98. The number of nitriles is 2. The Kier molecular flexibility index (Phi) is 4.48. The van der Waals surface area contributed by atoms with Gasteiger partial charge in [-0.2, -0.15) is 10.5 Å². The largest absolute Gasteiger partial charge is 0.485 e. The van der Waals surface area contributed by atoms with E-state index >= 15 is 0 Å². The molecule has 18 heavy (non-hydrogen) atoms. The minimum atomic E-state index is -0.471. The third kappa shape index (κ3) is 3.36. The third-order valence-corrected chi connectivity index (χ3v) is 2.14. The third-order valence-electron chi connectivity index (χ3n) is 2.14. The minimum absolute atomic E-state index is 0.0938. The normalized spacial score (nSPS) is 10.8. The summed E-state index contributed by atoms with van der Waals surface area (Å²) < 4.78 is 5.20. The van der Waals surface area contributed by atoms with Crippen LogP contribution in [0.15, 0.2) is 35.5 Å². The maximum atomic E-state index is 11.6. The number of ketones is 1. The van der Waals surface area contributed by atoms with Gasteiger partial charge in [0, 0.05) is 5.70 Å². The molecule has 90 valence electrons. The van der Waals surface area contributed by atoms with Gasteiger partial charge < -0.3 is 10.5 Å². The molecule has 2 N–H and O–H groups in total. The molecule has 0 aromatic heterocycles. The lowest BCUT2D eigenvalue weighted by molar-refractivity contribution is -0.117. The maximum absolute atomic E-state index is 11.6. The van der Waals surface area contributed by atoms with E-state index in [-0.39, 0.29) is 17.9 Å². The topological polar surface area (TPSA) is 99.9 Å². The zero-order valence-corrected chi connectivity index (χ0v) is 9.80. The second-order valence-corrected chi connectivity index (χ2v) is 3.52. The van der Waals surface area contributed by atoms with E-state index in [1.54, 1.807) is 30.3 Å². The Labute approximate surface area is 105 Å².